The molecule has 1 N–H and O–H groups in total. The van der Waals surface area contributed by atoms with E-state index in [1.807, 2.05) is 7.05 Å². The van der Waals surface area contributed by atoms with Gasteiger partial charge in [0.1, 0.15) is 0 Å². The molecule has 1 aliphatic rings. The highest BCUT2D eigenvalue weighted by atomic mass is 14.9. The maximum Gasteiger partial charge on any atom is 0.0486 e. The van der Waals surface area contributed by atoms with Crippen molar-refractivity contribution in [2.75, 3.05) is 13.6 Å². The molecule has 0 spiro atoms. The molecule has 0 radical (unpaired) electrons. The van der Waals surface area contributed by atoms with Crippen LogP contribution in [0.2, 0.25) is 0 Å². The lowest BCUT2D eigenvalue weighted by atomic mass is 9.96. The molecular weight excluding hydrogens is 244 g/mol. The Morgan fingerprint density at radius 2 is 2.00 bits per heavy atom. The van der Waals surface area contributed by atoms with Crippen LogP contribution < -0.4 is 5.32 Å². The minimum atomic E-state index is 1.06. The van der Waals surface area contributed by atoms with Crippen LogP contribution in [0.15, 0.2) is 18.3 Å². The fourth-order valence-corrected chi connectivity index (χ4v) is 3.62. The second-order valence-electron chi connectivity index (χ2n) is 5.95. The molecule has 0 unspecified atom stereocenters. The fourth-order valence-electron chi connectivity index (χ4n) is 3.62. The third-order valence-corrected chi connectivity index (χ3v) is 4.69. The molecule has 1 aromatic carbocycles. The summed E-state index contributed by atoms with van der Waals surface area (Å²) in [7, 11) is 2.04. The molecule has 0 saturated carbocycles. The van der Waals surface area contributed by atoms with Crippen LogP contribution in [0.4, 0.5) is 0 Å². The Kier molecular flexibility index (Phi) is 4.11. The number of rotatable bonds is 4. The van der Waals surface area contributed by atoms with Crippen LogP contribution in [0.3, 0.4) is 0 Å². The van der Waals surface area contributed by atoms with Crippen molar-refractivity contribution in [2.45, 2.75) is 52.0 Å². The van der Waals surface area contributed by atoms with Crippen molar-refractivity contribution in [1.29, 1.82) is 0 Å². The van der Waals surface area contributed by atoms with Gasteiger partial charge in [-0.3, -0.25) is 0 Å². The summed E-state index contributed by atoms with van der Waals surface area (Å²) in [6, 6.07) is 4.74. The highest BCUT2D eigenvalue weighted by molar-refractivity contribution is 5.88. The van der Waals surface area contributed by atoms with Gasteiger partial charge in [0.2, 0.25) is 0 Å². The molecule has 0 atom stereocenters. The first kappa shape index (κ1) is 13.7. The lowest BCUT2D eigenvalue weighted by Crippen LogP contribution is -2.10. The van der Waals surface area contributed by atoms with Crippen molar-refractivity contribution in [3.8, 4) is 0 Å². The van der Waals surface area contributed by atoms with Crippen LogP contribution in [0.25, 0.3) is 10.9 Å². The zero-order valence-electron chi connectivity index (χ0n) is 12.8. The minimum absolute atomic E-state index is 1.06. The van der Waals surface area contributed by atoms with Crippen LogP contribution in [0.1, 0.15) is 42.9 Å². The van der Waals surface area contributed by atoms with E-state index in [9.17, 15) is 0 Å². The van der Waals surface area contributed by atoms with Gasteiger partial charge in [-0.15, -0.1) is 0 Å². The first-order valence-electron chi connectivity index (χ1n) is 8.12. The molecule has 0 amide bonds. The molecule has 0 fully saturated rings. The smallest absolute Gasteiger partial charge is 0.0486 e. The van der Waals surface area contributed by atoms with Crippen molar-refractivity contribution < 1.29 is 0 Å². The number of hydrogen-bond donors (Lipinski definition) is 1. The SMILES string of the molecule is CCn1cc(CCNC)c2c3c(ccc21)CCCCC3. The molecule has 0 bridgehead atoms. The zero-order valence-corrected chi connectivity index (χ0v) is 12.8. The van der Waals surface area contributed by atoms with Crippen LogP contribution >= 0.6 is 0 Å². The Hall–Kier alpha value is -1.28. The van der Waals surface area contributed by atoms with Gasteiger partial charge in [0, 0.05) is 23.6 Å². The molecule has 0 saturated heterocycles. The normalized spacial score (nSPS) is 15.3. The average molecular weight is 270 g/mol. The topological polar surface area (TPSA) is 17.0 Å². The van der Waals surface area contributed by atoms with Gasteiger partial charge in [-0.1, -0.05) is 12.5 Å². The van der Waals surface area contributed by atoms with Crippen LogP contribution in [0, 0.1) is 0 Å². The summed E-state index contributed by atoms with van der Waals surface area (Å²) >= 11 is 0. The quantitative estimate of drug-likeness (QED) is 0.838. The highest BCUT2D eigenvalue weighted by Crippen LogP contribution is 2.32. The van der Waals surface area contributed by atoms with Crippen LogP contribution in [-0.4, -0.2) is 18.2 Å². The molecule has 108 valence electrons. The van der Waals surface area contributed by atoms with E-state index in [0.717, 1.165) is 19.5 Å². The van der Waals surface area contributed by atoms with Gasteiger partial charge in [0.15, 0.2) is 0 Å². The number of hydrogen-bond acceptors (Lipinski definition) is 1. The number of benzene rings is 1. The number of aryl methyl sites for hydroxylation is 3. The van der Waals surface area contributed by atoms with Crippen molar-refractivity contribution in [2.24, 2.45) is 0 Å². The molecule has 2 aromatic rings. The van der Waals surface area contributed by atoms with Gasteiger partial charge in [-0.05, 0) is 75.4 Å². The monoisotopic (exact) mass is 270 g/mol. The van der Waals surface area contributed by atoms with Gasteiger partial charge >= 0.3 is 0 Å². The van der Waals surface area contributed by atoms with Crippen molar-refractivity contribution in [3.05, 3.63) is 35.0 Å². The first-order chi connectivity index (χ1) is 9.85. The standard InChI is InChI=1S/C18H26N2/c1-3-20-13-15(11-12-19-2)18-16-8-6-4-5-7-14(16)9-10-17(18)20/h9-10,13,19H,3-8,11-12H2,1-2H3. The summed E-state index contributed by atoms with van der Waals surface area (Å²) in [5.41, 5.74) is 6.24. The van der Waals surface area contributed by atoms with E-state index in [2.05, 4.69) is 35.1 Å². The average Bonchev–Trinajstić information content (AvgIpc) is 2.67. The summed E-state index contributed by atoms with van der Waals surface area (Å²) < 4.78 is 2.42. The van der Waals surface area contributed by atoms with E-state index in [4.69, 9.17) is 0 Å². The molecule has 2 nitrogen and oxygen atoms in total. The predicted octanol–water partition coefficient (Wildman–Crippen LogP) is 3.69. The molecule has 20 heavy (non-hydrogen) atoms. The zero-order chi connectivity index (χ0) is 13.9. The fraction of sp³-hybridized carbons (Fsp3) is 0.556. The van der Waals surface area contributed by atoms with Crippen molar-refractivity contribution in [3.63, 3.8) is 0 Å². The van der Waals surface area contributed by atoms with Gasteiger partial charge in [0.25, 0.3) is 0 Å². The summed E-state index contributed by atoms with van der Waals surface area (Å²) in [6.45, 7) is 4.37. The molecule has 0 aliphatic heterocycles. The second kappa shape index (κ2) is 6.01. The predicted molar refractivity (Wildman–Crippen MR) is 86.5 cm³/mol. The van der Waals surface area contributed by atoms with E-state index in [1.54, 1.807) is 16.5 Å². The van der Waals surface area contributed by atoms with E-state index in [0.29, 0.717) is 0 Å². The molecule has 2 heteroatoms. The van der Waals surface area contributed by atoms with Crippen LogP contribution in [-0.2, 0) is 25.8 Å². The first-order valence-corrected chi connectivity index (χ1v) is 8.12. The Balaban J connectivity index is 2.17. The van der Waals surface area contributed by atoms with E-state index < -0.39 is 0 Å². The maximum absolute atomic E-state index is 3.29. The minimum Gasteiger partial charge on any atom is -0.347 e. The Bertz CT molecular complexity index is 595. The largest absolute Gasteiger partial charge is 0.347 e. The molecule has 1 aliphatic carbocycles. The van der Waals surface area contributed by atoms with Crippen molar-refractivity contribution >= 4 is 10.9 Å². The molecule has 3 rings (SSSR count). The lowest BCUT2D eigenvalue weighted by Gasteiger charge is -2.10. The molecule has 1 heterocycles. The van der Waals surface area contributed by atoms with Crippen LogP contribution in [0.5, 0.6) is 0 Å². The van der Waals surface area contributed by atoms with E-state index >= 15 is 0 Å². The van der Waals surface area contributed by atoms with E-state index in [-0.39, 0.29) is 0 Å². The molecule has 1 aromatic heterocycles. The Morgan fingerprint density at radius 3 is 2.80 bits per heavy atom. The number of likely N-dealkylation sites (N-methyl/N-ethyl adjacent to an activating group) is 1. The van der Waals surface area contributed by atoms with Gasteiger partial charge in [0.05, 0.1) is 0 Å². The maximum atomic E-state index is 3.29. The number of nitrogens with zero attached hydrogens (tertiary/aromatic N) is 1. The number of aromatic nitrogens is 1. The lowest BCUT2D eigenvalue weighted by molar-refractivity contribution is 0.712. The summed E-state index contributed by atoms with van der Waals surface area (Å²) in [5, 5.41) is 4.86. The van der Waals surface area contributed by atoms with Gasteiger partial charge in [-0.25, -0.2) is 0 Å². The van der Waals surface area contributed by atoms with Gasteiger partial charge < -0.3 is 9.88 Å². The Labute approximate surface area is 122 Å². The van der Waals surface area contributed by atoms with E-state index in [1.165, 1.54) is 43.2 Å². The highest BCUT2D eigenvalue weighted by Gasteiger charge is 2.16. The Morgan fingerprint density at radius 1 is 1.15 bits per heavy atom. The summed E-state index contributed by atoms with van der Waals surface area (Å²) in [6.07, 6.45) is 10.2. The third kappa shape index (κ3) is 2.37. The second-order valence-corrected chi connectivity index (χ2v) is 5.95. The summed E-state index contributed by atoms with van der Waals surface area (Å²) in [5.74, 6) is 0. The van der Waals surface area contributed by atoms with Crippen molar-refractivity contribution in [1.82, 2.24) is 9.88 Å². The summed E-state index contributed by atoms with van der Waals surface area (Å²) in [4.78, 5) is 0. The molecular formula is C18H26N2. The number of nitrogens with one attached hydrogen (secondary N) is 1. The third-order valence-electron chi connectivity index (χ3n) is 4.69. The van der Waals surface area contributed by atoms with Gasteiger partial charge in [-0.2, -0.15) is 0 Å². The number of fused-ring (bicyclic) bond motifs is 3.